The lowest BCUT2D eigenvalue weighted by molar-refractivity contribution is 1.15. The van der Waals surface area contributed by atoms with Gasteiger partial charge < -0.3 is 4.40 Å². The number of rotatable bonds is 0. The summed E-state index contributed by atoms with van der Waals surface area (Å²) in [7, 11) is 0. The van der Waals surface area contributed by atoms with E-state index in [4.69, 9.17) is 0 Å². The average molecular weight is 241 g/mol. The topological polar surface area (TPSA) is 17.3 Å². The van der Waals surface area contributed by atoms with E-state index in [-0.39, 0.29) is 0 Å². The van der Waals surface area contributed by atoms with Gasteiger partial charge in [0.2, 0.25) is 0 Å². The molecule has 0 aliphatic heterocycles. The van der Waals surface area contributed by atoms with E-state index in [1.807, 2.05) is 43.8 Å². The van der Waals surface area contributed by atoms with Crippen molar-refractivity contribution in [3.05, 3.63) is 34.8 Å². The number of hydrogen-bond donors (Lipinski definition) is 0. The molecule has 0 saturated carbocycles. The van der Waals surface area contributed by atoms with Crippen LogP contribution in [-0.2, 0) is 0 Å². The summed E-state index contributed by atoms with van der Waals surface area (Å²) in [4.78, 5) is 4.18. The highest BCUT2D eigenvalue weighted by molar-refractivity contribution is 9.10. The van der Waals surface area contributed by atoms with Gasteiger partial charge in [-0.2, -0.15) is 0 Å². The summed E-state index contributed by atoms with van der Waals surface area (Å²) in [6, 6.07) is 4.05. The lowest BCUT2D eigenvalue weighted by Crippen LogP contribution is -1.80. The van der Waals surface area contributed by atoms with Gasteiger partial charge in [-0.3, -0.25) is 0 Å². The first-order valence-corrected chi connectivity index (χ1v) is 5.15. The van der Waals surface area contributed by atoms with Gasteiger partial charge in [-0.15, -0.1) is 0 Å². The van der Waals surface area contributed by atoms with Gasteiger partial charge in [0, 0.05) is 10.7 Å². The molecular weight excluding hydrogens is 228 g/mol. The number of aromatic nitrogens is 2. The number of hydrogen-bond acceptors (Lipinski definition) is 1. The van der Waals surface area contributed by atoms with Crippen LogP contribution in [0.1, 0.15) is 19.5 Å². The zero-order chi connectivity index (χ0) is 9.84. The molecule has 0 radical (unpaired) electrons. The fourth-order valence-electron chi connectivity index (χ4n) is 1.09. The molecule has 0 aromatic carbocycles. The van der Waals surface area contributed by atoms with Crippen LogP contribution in [0.5, 0.6) is 0 Å². The minimum Gasteiger partial charge on any atom is -0.306 e. The number of halogens is 1. The summed E-state index contributed by atoms with van der Waals surface area (Å²) in [6.45, 7) is 6.00. The number of imidazole rings is 1. The van der Waals surface area contributed by atoms with Crippen LogP contribution in [0.2, 0.25) is 0 Å². The SMILES string of the molecule is CC.Cc1ncn2ccc(Br)cc12. The van der Waals surface area contributed by atoms with Gasteiger partial charge in [-0.25, -0.2) is 4.98 Å². The lowest BCUT2D eigenvalue weighted by atomic mass is 10.3. The summed E-state index contributed by atoms with van der Waals surface area (Å²) in [5.74, 6) is 0. The third kappa shape index (κ3) is 2.10. The smallest absolute Gasteiger partial charge is 0.0995 e. The molecule has 0 atom stereocenters. The van der Waals surface area contributed by atoms with Crippen LogP contribution in [0.4, 0.5) is 0 Å². The fourth-order valence-corrected chi connectivity index (χ4v) is 1.43. The predicted octanol–water partition coefficient (Wildman–Crippen LogP) is 3.43. The van der Waals surface area contributed by atoms with Crippen LogP contribution in [0.15, 0.2) is 29.1 Å². The van der Waals surface area contributed by atoms with Gasteiger partial charge in [0.05, 0.1) is 17.5 Å². The van der Waals surface area contributed by atoms with Gasteiger partial charge in [-0.1, -0.05) is 29.8 Å². The molecule has 0 unspecified atom stereocenters. The van der Waals surface area contributed by atoms with Crippen molar-refractivity contribution >= 4 is 21.4 Å². The molecule has 2 heterocycles. The van der Waals surface area contributed by atoms with E-state index in [2.05, 4.69) is 27.0 Å². The molecule has 2 nitrogen and oxygen atoms in total. The van der Waals surface area contributed by atoms with Gasteiger partial charge in [0.25, 0.3) is 0 Å². The first-order chi connectivity index (χ1) is 6.27. The Morgan fingerprint density at radius 3 is 2.77 bits per heavy atom. The molecule has 2 aromatic rings. The number of aryl methyl sites for hydroxylation is 1. The molecule has 13 heavy (non-hydrogen) atoms. The normalized spacial score (nSPS) is 9.54. The van der Waals surface area contributed by atoms with Crippen molar-refractivity contribution < 1.29 is 0 Å². The predicted molar refractivity (Wildman–Crippen MR) is 59.0 cm³/mol. The summed E-state index contributed by atoms with van der Waals surface area (Å²) < 4.78 is 3.09. The Labute approximate surface area is 86.7 Å². The van der Waals surface area contributed by atoms with Gasteiger partial charge in [0.1, 0.15) is 0 Å². The summed E-state index contributed by atoms with van der Waals surface area (Å²) in [6.07, 6.45) is 3.80. The summed E-state index contributed by atoms with van der Waals surface area (Å²) in [5.41, 5.74) is 2.21. The third-order valence-corrected chi connectivity index (χ3v) is 2.19. The van der Waals surface area contributed by atoms with E-state index in [1.165, 1.54) is 0 Å². The van der Waals surface area contributed by atoms with Crippen molar-refractivity contribution in [2.24, 2.45) is 0 Å². The Balaban J connectivity index is 0.000000396. The maximum absolute atomic E-state index is 4.18. The molecule has 0 saturated heterocycles. The quantitative estimate of drug-likeness (QED) is 0.690. The largest absolute Gasteiger partial charge is 0.306 e. The Morgan fingerprint density at radius 2 is 2.08 bits per heavy atom. The Morgan fingerprint density at radius 1 is 1.38 bits per heavy atom. The highest BCUT2D eigenvalue weighted by Gasteiger charge is 1.97. The van der Waals surface area contributed by atoms with Gasteiger partial charge in [-0.05, 0) is 19.1 Å². The molecule has 0 spiro atoms. The van der Waals surface area contributed by atoms with Crippen molar-refractivity contribution in [1.29, 1.82) is 0 Å². The van der Waals surface area contributed by atoms with Crippen LogP contribution in [0, 0.1) is 6.92 Å². The Kier molecular flexibility index (Phi) is 3.48. The van der Waals surface area contributed by atoms with Crippen molar-refractivity contribution in [3.8, 4) is 0 Å². The minimum atomic E-state index is 1.06. The van der Waals surface area contributed by atoms with Crippen LogP contribution in [0.3, 0.4) is 0 Å². The van der Waals surface area contributed by atoms with Gasteiger partial charge in [0.15, 0.2) is 0 Å². The standard InChI is InChI=1S/C8H7BrN2.C2H6/c1-6-8-4-7(9)2-3-11(8)5-10-6;1-2/h2-5H,1H3;1-2H3. The minimum absolute atomic E-state index is 1.06. The molecule has 70 valence electrons. The van der Waals surface area contributed by atoms with E-state index in [0.29, 0.717) is 0 Å². The monoisotopic (exact) mass is 240 g/mol. The van der Waals surface area contributed by atoms with E-state index in [0.717, 1.165) is 15.7 Å². The summed E-state index contributed by atoms with van der Waals surface area (Å²) >= 11 is 3.41. The van der Waals surface area contributed by atoms with Crippen LogP contribution in [-0.4, -0.2) is 9.38 Å². The molecule has 0 aliphatic carbocycles. The molecule has 0 amide bonds. The van der Waals surface area contributed by atoms with Crippen molar-refractivity contribution in [2.45, 2.75) is 20.8 Å². The molecule has 0 fully saturated rings. The highest BCUT2D eigenvalue weighted by Crippen LogP contribution is 2.14. The number of pyridine rings is 1. The van der Waals surface area contributed by atoms with E-state index in [1.54, 1.807) is 0 Å². The van der Waals surface area contributed by atoms with Crippen LogP contribution in [0.25, 0.3) is 5.52 Å². The van der Waals surface area contributed by atoms with Crippen LogP contribution >= 0.6 is 15.9 Å². The first kappa shape index (κ1) is 10.3. The van der Waals surface area contributed by atoms with E-state index >= 15 is 0 Å². The highest BCUT2D eigenvalue weighted by atomic mass is 79.9. The first-order valence-electron chi connectivity index (χ1n) is 4.36. The third-order valence-electron chi connectivity index (χ3n) is 1.69. The van der Waals surface area contributed by atoms with Crippen molar-refractivity contribution in [2.75, 3.05) is 0 Å². The van der Waals surface area contributed by atoms with Crippen LogP contribution < -0.4 is 0 Å². The number of fused-ring (bicyclic) bond motifs is 1. The average Bonchev–Trinajstić information content (AvgIpc) is 2.52. The second kappa shape index (κ2) is 4.42. The van der Waals surface area contributed by atoms with E-state index in [9.17, 15) is 0 Å². The maximum atomic E-state index is 4.18. The lowest BCUT2D eigenvalue weighted by Gasteiger charge is -1.93. The molecule has 0 bridgehead atoms. The molecule has 0 N–H and O–H groups in total. The molecule has 0 aliphatic rings. The second-order valence-electron chi connectivity index (χ2n) is 2.47. The zero-order valence-electron chi connectivity index (χ0n) is 8.08. The van der Waals surface area contributed by atoms with Crippen molar-refractivity contribution in [3.63, 3.8) is 0 Å². The Bertz CT molecular complexity index is 393. The second-order valence-corrected chi connectivity index (χ2v) is 3.38. The fraction of sp³-hybridized carbons (Fsp3) is 0.300. The number of nitrogens with zero attached hydrogens (tertiary/aromatic N) is 2. The molecule has 2 aromatic heterocycles. The maximum Gasteiger partial charge on any atom is 0.0995 e. The van der Waals surface area contributed by atoms with Gasteiger partial charge >= 0.3 is 0 Å². The molecule has 3 heteroatoms. The molecule has 2 rings (SSSR count). The van der Waals surface area contributed by atoms with E-state index < -0.39 is 0 Å². The molecular formula is C10H13BrN2. The zero-order valence-corrected chi connectivity index (χ0v) is 9.67. The van der Waals surface area contributed by atoms with Crippen molar-refractivity contribution in [1.82, 2.24) is 9.38 Å². The summed E-state index contributed by atoms with van der Waals surface area (Å²) in [5, 5.41) is 0. The Hall–Kier alpha value is -0.830.